The first-order chi connectivity index (χ1) is 14.9. The monoisotopic (exact) mass is 440 g/mol. The predicted octanol–water partition coefficient (Wildman–Crippen LogP) is 3.44. The molecule has 31 heavy (non-hydrogen) atoms. The number of nitrogens with one attached hydrogen (secondary N) is 1. The van der Waals surface area contributed by atoms with E-state index in [4.69, 9.17) is 24.4 Å². The summed E-state index contributed by atoms with van der Waals surface area (Å²) < 4.78 is 13.8. The molecule has 1 fully saturated rings. The van der Waals surface area contributed by atoms with Crippen LogP contribution in [0.2, 0.25) is 0 Å². The SMILES string of the molecule is CNc1nc2ccccc2n1-c1nc2c(c(C(C)(C)SC)n1)OCC1COC[C@H](C)N21. The molecule has 2 aliphatic rings. The highest BCUT2D eigenvalue weighted by atomic mass is 32.2. The van der Waals surface area contributed by atoms with E-state index >= 15 is 0 Å². The van der Waals surface area contributed by atoms with E-state index in [2.05, 4.69) is 37.2 Å². The fraction of sp³-hybridized carbons (Fsp3) is 0.500. The van der Waals surface area contributed by atoms with Crippen LogP contribution < -0.4 is 15.0 Å². The van der Waals surface area contributed by atoms with Crippen molar-refractivity contribution < 1.29 is 9.47 Å². The normalized spacial score (nSPS) is 20.9. The molecule has 5 rings (SSSR count). The van der Waals surface area contributed by atoms with Crippen molar-refractivity contribution in [2.24, 2.45) is 0 Å². The zero-order valence-corrected chi connectivity index (χ0v) is 19.4. The number of benzene rings is 1. The van der Waals surface area contributed by atoms with Gasteiger partial charge in [0.15, 0.2) is 11.6 Å². The summed E-state index contributed by atoms with van der Waals surface area (Å²) in [6.07, 6.45) is 2.10. The van der Waals surface area contributed by atoms with Crippen LogP contribution in [0.25, 0.3) is 17.0 Å². The lowest BCUT2D eigenvalue weighted by atomic mass is 10.0. The van der Waals surface area contributed by atoms with Crippen molar-refractivity contribution in [1.29, 1.82) is 0 Å². The Kier molecular flexibility index (Phi) is 4.97. The van der Waals surface area contributed by atoms with Crippen molar-refractivity contribution in [2.45, 2.75) is 37.6 Å². The summed E-state index contributed by atoms with van der Waals surface area (Å²) in [6, 6.07) is 8.39. The fourth-order valence-corrected chi connectivity index (χ4v) is 4.65. The minimum absolute atomic E-state index is 0.146. The maximum atomic E-state index is 6.28. The van der Waals surface area contributed by atoms with Crippen LogP contribution in [0.1, 0.15) is 26.5 Å². The molecule has 2 aliphatic heterocycles. The van der Waals surface area contributed by atoms with Crippen LogP contribution in [0, 0.1) is 0 Å². The molecule has 0 aliphatic carbocycles. The highest BCUT2D eigenvalue weighted by Gasteiger charge is 2.40. The molecule has 164 valence electrons. The zero-order chi connectivity index (χ0) is 21.8. The maximum Gasteiger partial charge on any atom is 0.239 e. The Balaban J connectivity index is 1.79. The number of anilines is 2. The highest BCUT2D eigenvalue weighted by molar-refractivity contribution is 7.99. The molecule has 1 aromatic carbocycles. The van der Waals surface area contributed by atoms with Crippen LogP contribution in [-0.4, -0.2) is 64.7 Å². The largest absolute Gasteiger partial charge is 0.486 e. The Morgan fingerprint density at radius 1 is 1.13 bits per heavy atom. The predicted molar refractivity (Wildman–Crippen MR) is 125 cm³/mol. The van der Waals surface area contributed by atoms with Crippen molar-refractivity contribution in [1.82, 2.24) is 19.5 Å². The Morgan fingerprint density at radius 2 is 1.94 bits per heavy atom. The summed E-state index contributed by atoms with van der Waals surface area (Å²) >= 11 is 1.75. The van der Waals surface area contributed by atoms with Crippen LogP contribution in [-0.2, 0) is 9.48 Å². The number of hydrogen-bond acceptors (Lipinski definition) is 8. The summed E-state index contributed by atoms with van der Waals surface area (Å²) in [5.41, 5.74) is 2.76. The van der Waals surface area contributed by atoms with Crippen LogP contribution in [0.5, 0.6) is 5.75 Å². The van der Waals surface area contributed by atoms with Gasteiger partial charge in [-0.1, -0.05) is 12.1 Å². The van der Waals surface area contributed by atoms with Gasteiger partial charge in [-0.05, 0) is 39.2 Å². The van der Waals surface area contributed by atoms with E-state index in [0.29, 0.717) is 31.7 Å². The molecule has 3 aromatic rings. The standard InChI is InChI=1S/C22H28N6O2S/c1-13-10-29-11-14-12-30-17-18(22(2,3)31-5)25-21(26-19(17)27(13)14)28-16-9-7-6-8-15(16)24-20(28)23-4/h6-9,13-14H,10-12H2,1-5H3,(H,23,24)/t13-,14?/m0/s1. The minimum Gasteiger partial charge on any atom is -0.486 e. The molecule has 9 heteroatoms. The summed E-state index contributed by atoms with van der Waals surface area (Å²) in [5, 5.41) is 3.20. The number of para-hydroxylation sites is 2. The fourth-order valence-electron chi connectivity index (χ4n) is 4.32. The number of hydrogen-bond donors (Lipinski definition) is 1. The number of aromatic nitrogens is 4. The van der Waals surface area contributed by atoms with E-state index in [-0.39, 0.29) is 16.8 Å². The summed E-state index contributed by atoms with van der Waals surface area (Å²) in [4.78, 5) is 17.2. The van der Waals surface area contributed by atoms with Crippen molar-refractivity contribution in [3.05, 3.63) is 30.0 Å². The molecule has 1 saturated heterocycles. The second-order valence-electron chi connectivity index (χ2n) is 8.51. The first-order valence-corrected chi connectivity index (χ1v) is 11.8. The molecule has 8 nitrogen and oxygen atoms in total. The van der Waals surface area contributed by atoms with Gasteiger partial charge >= 0.3 is 0 Å². The highest BCUT2D eigenvalue weighted by Crippen LogP contribution is 2.45. The van der Waals surface area contributed by atoms with Crippen molar-refractivity contribution >= 4 is 34.6 Å². The Morgan fingerprint density at radius 3 is 2.71 bits per heavy atom. The number of ether oxygens (including phenoxy) is 2. The minimum atomic E-state index is -0.250. The molecule has 0 spiro atoms. The van der Waals surface area contributed by atoms with Gasteiger partial charge in [0, 0.05) is 7.05 Å². The smallest absolute Gasteiger partial charge is 0.239 e. The molecule has 1 unspecified atom stereocenters. The molecule has 4 heterocycles. The van der Waals surface area contributed by atoms with E-state index < -0.39 is 0 Å². The van der Waals surface area contributed by atoms with Gasteiger partial charge in [-0.2, -0.15) is 16.7 Å². The lowest BCUT2D eigenvalue weighted by molar-refractivity contribution is 0.0482. The van der Waals surface area contributed by atoms with E-state index in [1.54, 1.807) is 11.8 Å². The molecule has 0 saturated carbocycles. The van der Waals surface area contributed by atoms with Crippen molar-refractivity contribution in [3.63, 3.8) is 0 Å². The molecule has 0 amide bonds. The molecule has 1 N–H and O–H groups in total. The second-order valence-corrected chi connectivity index (χ2v) is 9.94. The lowest BCUT2D eigenvalue weighted by Crippen LogP contribution is -2.56. The van der Waals surface area contributed by atoms with Crippen LogP contribution in [0.4, 0.5) is 11.8 Å². The van der Waals surface area contributed by atoms with Crippen molar-refractivity contribution in [2.75, 3.05) is 43.3 Å². The van der Waals surface area contributed by atoms with Crippen LogP contribution in [0.3, 0.4) is 0 Å². The molecule has 0 radical (unpaired) electrons. The van der Waals surface area contributed by atoms with Gasteiger partial charge in [0.2, 0.25) is 11.9 Å². The number of rotatable bonds is 4. The molecular weight excluding hydrogens is 412 g/mol. The van der Waals surface area contributed by atoms with Gasteiger partial charge in [-0.3, -0.25) is 0 Å². The zero-order valence-electron chi connectivity index (χ0n) is 18.5. The summed E-state index contributed by atoms with van der Waals surface area (Å²) in [7, 11) is 1.87. The lowest BCUT2D eigenvalue weighted by Gasteiger charge is -2.45. The number of fused-ring (bicyclic) bond motifs is 4. The third-order valence-electron chi connectivity index (χ3n) is 6.10. The average molecular weight is 441 g/mol. The van der Waals surface area contributed by atoms with E-state index in [0.717, 1.165) is 28.3 Å². The summed E-state index contributed by atoms with van der Waals surface area (Å²) in [6.45, 7) is 8.41. The number of imidazole rings is 1. The van der Waals surface area contributed by atoms with Crippen molar-refractivity contribution in [3.8, 4) is 11.7 Å². The first-order valence-electron chi connectivity index (χ1n) is 10.6. The number of nitrogens with zero attached hydrogens (tertiary/aromatic N) is 5. The number of thioether (sulfide) groups is 1. The van der Waals surface area contributed by atoms with E-state index in [1.165, 1.54) is 0 Å². The van der Waals surface area contributed by atoms with Gasteiger partial charge < -0.3 is 19.7 Å². The van der Waals surface area contributed by atoms with Gasteiger partial charge in [0.25, 0.3) is 0 Å². The molecular formula is C22H28N6O2S. The first kappa shape index (κ1) is 20.4. The Hall–Kier alpha value is -2.52. The van der Waals surface area contributed by atoms with Gasteiger partial charge in [-0.25, -0.2) is 14.5 Å². The average Bonchev–Trinajstić information content (AvgIpc) is 3.16. The third-order valence-corrected chi connectivity index (χ3v) is 7.32. The quantitative estimate of drug-likeness (QED) is 0.661. The van der Waals surface area contributed by atoms with E-state index in [9.17, 15) is 0 Å². The van der Waals surface area contributed by atoms with Crippen LogP contribution in [0.15, 0.2) is 24.3 Å². The maximum absolute atomic E-state index is 6.28. The van der Waals surface area contributed by atoms with E-state index in [1.807, 2.05) is 35.9 Å². The van der Waals surface area contributed by atoms with Crippen LogP contribution >= 0.6 is 11.8 Å². The molecule has 2 atom stereocenters. The second kappa shape index (κ2) is 7.56. The van der Waals surface area contributed by atoms with Gasteiger partial charge in [-0.15, -0.1) is 0 Å². The van der Waals surface area contributed by atoms with Gasteiger partial charge in [0.1, 0.15) is 12.3 Å². The summed E-state index contributed by atoms with van der Waals surface area (Å²) in [5.74, 6) is 2.92. The molecule has 2 aromatic heterocycles. The van der Waals surface area contributed by atoms with Gasteiger partial charge in [0.05, 0.1) is 41.1 Å². The Bertz CT molecular complexity index is 1130. The topological polar surface area (TPSA) is 77.3 Å². The Labute approximate surface area is 186 Å². The third kappa shape index (κ3) is 3.22. The molecule has 0 bridgehead atoms. The number of morpholine rings is 1.